The highest BCUT2D eigenvalue weighted by molar-refractivity contribution is 6.08. The fourth-order valence-corrected chi connectivity index (χ4v) is 1.67. The van der Waals surface area contributed by atoms with Crippen LogP contribution < -0.4 is 0 Å². The molecule has 86 valence electrons. The fraction of sp³-hybridized carbons (Fsp3) is 0.154. The minimum Gasteiger partial charge on any atom is -0.289 e. The normalized spacial score (nSPS) is 10.3. The van der Waals surface area contributed by atoms with Crippen molar-refractivity contribution < 1.29 is 9.18 Å². The Morgan fingerprint density at radius 2 is 1.71 bits per heavy atom. The largest absolute Gasteiger partial charge is 0.289 e. The van der Waals surface area contributed by atoms with E-state index in [0.29, 0.717) is 5.56 Å². The molecular formula is C13H11FN2O. The molecule has 0 amide bonds. The predicted molar refractivity (Wildman–Crippen MR) is 61.3 cm³/mol. The number of halogens is 1. The Labute approximate surface area is 98.3 Å². The molecule has 0 saturated carbocycles. The Morgan fingerprint density at radius 3 is 2.29 bits per heavy atom. The molecule has 0 aliphatic heterocycles. The summed E-state index contributed by atoms with van der Waals surface area (Å²) in [6.45, 7) is 3.63. The summed E-state index contributed by atoms with van der Waals surface area (Å²) >= 11 is 0. The standard InChI is InChI=1S/C13H11FN2O/c1-8-3-10(4-9(2)16-8)13(17)11-5-12(14)7-15-6-11/h3-7H,1-2H3. The van der Waals surface area contributed by atoms with Crippen molar-refractivity contribution in [2.45, 2.75) is 13.8 Å². The maximum Gasteiger partial charge on any atom is 0.194 e. The summed E-state index contributed by atoms with van der Waals surface area (Å²) in [5.74, 6) is -0.760. The first-order valence-electron chi connectivity index (χ1n) is 5.17. The molecule has 0 spiro atoms. The fourth-order valence-electron chi connectivity index (χ4n) is 1.67. The highest BCUT2D eigenvalue weighted by Crippen LogP contribution is 2.12. The third kappa shape index (κ3) is 2.53. The zero-order valence-electron chi connectivity index (χ0n) is 9.57. The van der Waals surface area contributed by atoms with Gasteiger partial charge in [0, 0.05) is 28.7 Å². The van der Waals surface area contributed by atoms with Gasteiger partial charge in [-0.3, -0.25) is 14.8 Å². The molecule has 2 aromatic rings. The average molecular weight is 230 g/mol. The van der Waals surface area contributed by atoms with Gasteiger partial charge in [-0.1, -0.05) is 0 Å². The van der Waals surface area contributed by atoms with E-state index in [1.54, 1.807) is 12.1 Å². The SMILES string of the molecule is Cc1cc(C(=O)c2cncc(F)c2)cc(C)n1. The van der Waals surface area contributed by atoms with E-state index >= 15 is 0 Å². The highest BCUT2D eigenvalue weighted by Gasteiger charge is 2.11. The van der Waals surface area contributed by atoms with Crippen molar-refractivity contribution in [2.24, 2.45) is 0 Å². The quantitative estimate of drug-likeness (QED) is 0.744. The molecular weight excluding hydrogens is 219 g/mol. The number of carbonyl (C=O) groups excluding carboxylic acids is 1. The molecule has 0 bridgehead atoms. The molecule has 0 aliphatic carbocycles. The summed E-state index contributed by atoms with van der Waals surface area (Å²) in [6.07, 6.45) is 2.43. The summed E-state index contributed by atoms with van der Waals surface area (Å²) in [7, 11) is 0. The van der Waals surface area contributed by atoms with E-state index in [-0.39, 0.29) is 11.3 Å². The average Bonchev–Trinajstić information content (AvgIpc) is 2.26. The molecule has 0 atom stereocenters. The van der Waals surface area contributed by atoms with Crippen LogP contribution in [-0.2, 0) is 0 Å². The molecule has 0 saturated heterocycles. The molecule has 0 radical (unpaired) electrons. The lowest BCUT2D eigenvalue weighted by Crippen LogP contribution is -2.04. The molecule has 0 fully saturated rings. The number of pyridine rings is 2. The van der Waals surface area contributed by atoms with Gasteiger partial charge < -0.3 is 0 Å². The van der Waals surface area contributed by atoms with Gasteiger partial charge in [-0.15, -0.1) is 0 Å². The van der Waals surface area contributed by atoms with Crippen molar-refractivity contribution in [1.29, 1.82) is 0 Å². The zero-order chi connectivity index (χ0) is 12.4. The van der Waals surface area contributed by atoms with E-state index in [4.69, 9.17) is 0 Å². The van der Waals surface area contributed by atoms with Crippen LogP contribution in [0.4, 0.5) is 4.39 Å². The number of aromatic nitrogens is 2. The Kier molecular flexibility index (Phi) is 2.95. The number of hydrogen-bond acceptors (Lipinski definition) is 3. The molecule has 0 aliphatic rings. The third-order valence-corrected chi connectivity index (χ3v) is 2.31. The number of ketones is 1. The number of aryl methyl sites for hydroxylation is 2. The van der Waals surface area contributed by atoms with Gasteiger partial charge in [0.05, 0.1) is 6.20 Å². The third-order valence-electron chi connectivity index (χ3n) is 2.31. The molecule has 2 rings (SSSR count). The number of rotatable bonds is 2. The highest BCUT2D eigenvalue weighted by atomic mass is 19.1. The van der Waals surface area contributed by atoms with Crippen LogP contribution >= 0.6 is 0 Å². The van der Waals surface area contributed by atoms with E-state index in [1.807, 2.05) is 13.8 Å². The van der Waals surface area contributed by atoms with Crippen LogP contribution in [0.5, 0.6) is 0 Å². The lowest BCUT2D eigenvalue weighted by atomic mass is 10.0. The smallest absolute Gasteiger partial charge is 0.194 e. The van der Waals surface area contributed by atoms with E-state index in [9.17, 15) is 9.18 Å². The second-order valence-electron chi connectivity index (χ2n) is 3.86. The molecule has 17 heavy (non-hydrogen) atoms. The Balaban J connectivity index is 2.43. The molecule has 3 nitrogen and oxygen atoms in total. The van der Waals surface area contributed by atoms with Crippen LogP contribution in [0.2, 0.25) is 0 Å². The summed E-state index contributed by atoms with van der Waals surface area (Å²) in [5.41, 5.74) is 2.27. The van der Waals surface area contributed by atoms with Crippen molar-refractivity contribution in [3.8, 4) is 0 Å². The van der Waals surface area contributed by atoms with Crippen LogP contribution in [0.1, 0.15) is 27.3 Å². The Hall–Kier alpha value is -2.10. The number of nitrogens with zero attached hydrogens (tertiary/aromatic N) is 2. The Bertz CT molecular complexity index is 561. The maximum absolute atomic E-state index is 13.0. The van der Waals surface area contributed by atoms with E-state index < -0.39 is 5.82 Å². The summed E-state index contributed by atoms with van der Waals surface area (Å²) < 4.78 is 13.0. The molecule has 2 aromatic heterocycles. The molecule has 4 heteroatoms. The second kappa shape index (κ2) is 4.41. The van der Waals surface area contributed by atoms with Crippen molar-refractivity contribution >= 4 is 5.78 Å². The Morgan fingerprint density at radius 1 is 1.06 bits per heavy atom. The molecule has 2 heterocycles. The first-order valence-corrected chi connectivity index (χ1v) is 5.17. The van der Waals surface area contributed by atoms with Crippen LogP contribution in [0, 0.1) is 19.7 Å². The van der Waals surface area contributed by atoms with Gasteiger partial charge in [-0.05, 0) is 32.0 Å². The summed E-state index contributed by atoms with van der Waals surface area (Å²) in [5, 5.41) is 0. The van der Waals surface area contributed by atoms with E-state index in [2.05, 4.69) is 9.97 Å². The lowest BCUT2D eigenvalue weighted by molar-refractivity contribution is 0.103. The van der Waals surface area contributed by atoms with Crippen molar-refractivity contribution in [1.82, 2.24) is 9.97 Å². The van der Waals surface area contributed by atoms with Crippen molar-refractivity contribution in [3.05, 3.63) is 58.9 Å². The first kappa shape index (κ1) is 11.4. The van der Waals surface area contributed by atoms with E-state index in [0.717, 1.165) is 17.6 Å². The second-order valence-corrected chi connectivity index (χ2v) is 3.86. The van der Waals surface area contributed by atoms with Crippen LogP contribution in [0.15, 0.2) is 30.6 Å². The lowest BCUT2D eigenvalue weighted by Gasteiger charge is -2.03. The van der Waals surface area contributed by atoms with Crippen LogP contribution in [-0.4, -0.2) is 15.8 Å². The minimum absolute atomic E-state index is 0.245. The van der Waals surface area contributed by atoms with Crippen molar-refractivity contribution in [3.63, 3.8) is 0 Å². The van der Waals surface area contributed by atoms with Gasteiger partial charge in [-0.2, -0.15) is 0 Å². The van der Waals surface area contributed by atoms with Crippen LogP contribution in [0.3, 0.4) is 0 Å². The summed E-state index contributed by atoms with van der Waals surface area (Å²) in [6, 6.07) is 4.54. The minimum atomic E-state index is -0.515. The van der Waals surface area contributed by atoms with Gasteiger partial charge >= 0.3 is 0 Å². The topological polar surface area (TPSA) is 42.9 Å². The molecule has 0 N–H and O–H groups in total. The summed E-state index contributed by atoms with van der Waals surface area (Å²) in [4.78, 5) is 19.9. The van der Waals surface area contributed by atoms with Gasteiger partial charge in [-0.25, -0.2) is 4.39 Å². The van der Waals surface area contributed by atoms with E-state index in [1.165, 1.54) is 12.3 Å². The van der Waals surface area contributed by atoms with Crippen LogP contribution in [0.25, 0.3) is 0 Å². The van der Waals surface area contributed by atoms with Gasteiger partial charge in [0.1, 0.15) is 5.82 Å². The number of hydrogen-bond donors (Lipinski definition) is 0. The zero-order valence-corrected chi connectivity index (χ0v) is 9.57. The van der Waals surface area contributed by atoms with Gasteiger partial charge in [0.25, 0.3) is 0 Å². The van der Waals surface area contributed by atoms with Crippen molar-refractivity contribution in [2.75, 3.05) is 0 Å². The molecule has 0 unspecified atom stereocenters. The maximum atomic E-state index is 13.0. The predicted octanol–water partition coefficient (Wildman–Crippen LogP) is 2.46. The van der Waals surface area contributed by atoms with Gasteiger partial charge in [0.2, 0.25) is 0 Å². The first-order chi connectivity index (χ1) is 8.06. The molecule has 0 aromatic carbocycles. The van der Waals surface area contributed by atoms with Gasteiger partial charge in [0.15, 0.2) is 5.78 Å². The number of carbonyl (C=O) groups is 1. The monoisotopic (exact) mass is 230 g/mol.